The van der Waals surface area contributed by atoms with Crippen molar-refractivity contribution in [3.63, 3.8) is 0 Å². The molecule has 3 heterocycles. The molecule has 4 nitrogen and oxygen atoms in total. The first kappa shape index (κ1) is 41.6. The number of aromatic nitrogens is 3. The molecule has 0 unspecified atom stereocenters. The van der Waals surface area contributed by atoms with Gasteiger partial charge in [0.25, 0.3) is 0 Å². The van der Waals surface area contributed by atoms with E-state index in [0.29, 0.717) is 22.4 Å². The first-order valence-corrected chi connectivity index (χ1v) is 23.6. The number of fused-ring (bicyclic) bond motifs is 4. The van der Waals surface area contributed by atoms with E-state index >= 15 is 0 Å². The van der Waals surface area contributed by atoms with Crippen LogP contribution in [0.3, 0.4) is 0 Å². The summed E-state index contributed by atoms with van der Waals surface area (Å²) in [5, 5.41) is 2.15. The zero-order valence-corrected chi connectivity index (χ0v) is 43.6. The largest absolute Gasteiger partial charge is 0.501 e. The van der Waals surface area contributed by atoms with Crippen molar-refractivity contribution in [2.75, 3.05) is 0 Å². The van der Waals surface area contributed by atoms with Gasteiger partial charge in [-0.05, 0) is 110 Å². The number of para-hydroxylation sites is 2. The molecule has 10 rings (SSSR count). The van der Waals surface area contributed by atoms with Gasteiger partial charge in [-0.2, -0.15) is 0 Å². The van der Waals surface area contributed by atoms with Gasteiger partial charge in [-0.25, -0.2) is 0 Å². The van der Waals surface area contributed by atoms with Gasteiger partial charge >= 0.3 is 0 Å². The van der Waals surface area contributed by atoms with E-state index < -0.39 is 13.7 Å². The average molecular weight is 1090 g/mol. The molecule has 3 aromatic heterocycles. The van der Waals surface area contributed by atoms with Crippen LogP contribution in [0.1, 0.15) is 123 Å². The summed E-state index contributed by atoms with van der Waals surface area (Å²) in [4.78, 5) is 9.67. The van der Waals surface area contributed by atoms with Crippen LogP contribution in [-0.2, 0) is 30.9 Å². The number of pyridine rings is 1. The topological polar surface area (TPSA) is 43.9 Å². The molecule has 0 saturated heterocycles. The number of hydrogen-bond donors (Lipinski definition) is 0. The predicted octanol–water partition coefficient (Wildman–Crippen LogP) is 17.7. The molecule has 1 radical (unpaired) electrons. The summed E-state index contributed by atoms with van der Waals surface area (Å²) in [6, 6.07) is 56.6. The zero-order chi connectivity index (χ0) is 53.1. The van der Waals surface area contributed by atoms with Crippen molar-refractivity contribution in [2.24, 2.45) is 0 Å². The minimum Gasteiger partial charge on any atom is -0.501 e. The maximum atomic E-state index is 7.82. The molecule has 5 heteroatoms. The maximum Gasteiger partial charge on any atom is 0.121 e. The first-order chi connectivity index (χ1) is 34.9. The summed E-state index contributed by atoms with van der Waals surface area (Å²) in [6.45, 7) is 16.4. The molecule has 7 aromatic carbocycles. The second-order valence-electron chi connectivity index (χ2n) is 20.5. The summed E-state index contributed by atoms with van der Waals surface area (Å²) >= 11 is 0. The van der Waals surface area contributed by atoms with Gasteiger partial charge in [0, 0.05) is 45.6 Å². The third-order valence-electron chi connectivity index (χ3n) is 12.8. The van der Waals surface area contributed by atoms with Crippen LogP contribution < -0.4 is 0 Å². The second kappa shape index (κ2) is 19.5. The molecule has 0 fully saturated rings. The van der Waals surface area contributed by atoms with Crippen molar-refractivity contribution in [1.82, 2.24) is 14.5 Å². The van der Waals surface area contributed by atoms with Crippen LogP contribution >= 0.6 is 0 Å². The smallest absolute Gasteiger partial charge is 0.121 e. The van der Waals surface area contributed by atoms with E-state index in [0.717, 1.165) is 49.9 Å². The molecule has 0 atom stereocenters. The fourth-order valence-corrected chi connectivity index (χ4v) is 9.24. The van der Waals surface area contributed by atoms with Gasteiger partial charge in [-0.3, -0.25) is 4.98 Å². The summed E-state index contributed by atoms with van der Waals surface area (Å²) in [7, 11) is 0. The predicted molar refractivity (Wildman–Crippen MR) is 287 cm³/mol. The Labute approximate surface area is 431 Å². The Bertz CT molecular complexity index is 3570. The Morgan fingerprint density at radius 2 is 1.22 bits per heavy atom. The third-order valence-corrected chi connectivity index (χ3v) is 12.8. The molecular formula is C64H63IrN3O-2. The van der Waals surface area contributed by atoms with Crippen molar-refractivity contribution >= 4 is 33.0 Å². The van der Waals surface area contributed by atoms with Gasteiger partial charge in [0.1, 0.15) is 5.58 Å². The van der Waals surface area contributed by atoms with E-state index in [1.165, 1.54) is 45.8 Å². The first-order valence-electron chi connectivity index (χ1n) is 26.6. The fraction of sp³-hybridized carbons (Fsp3) is 0.250. The molecule has 0 aliphatic carbocycles. The fourth-order valence-electron chi connectivity index (χ4n) is 9.24. The molecule has 0 spiro atoms. The molecule has 10 aromatic rings. The molecule has 0 aliphatic heterocycles. The standard InChI is InChI=1S/C43H35N2O.C21H28N.Ir/c1-27(2)36-24-32(30-16-9-6-10-17-30)25-37(28(3)4)41(36)45-39-21-12-11-20-38(39)44-43(45)35-19-13-18-34-33-23-22-31(26-40(33)46-42(34)35)29-14-7-5-8-15-29;1-14-9-10-16(11-17(14)20(3,4)5)19-12-18(21(6,7)8)15(2)13-22-19;/h5-18,20-28H,1-4H3;9,11-13H,1-8H3;/q2*-1;/i;1D3,2D3;. The van der Waals surface area contributed by atoms with Crippen LogP contribution in [0, 0.1) is 25.8 Å². The molecule has 351 valence electrons. The van der Waals surface area contributed by atoms with Crippen molar-refractivity contribution in [3.8, 4) is 50.6 Å². The summed E-state index contributed by atoms with van der Waals surface area (Å²) in [5.41, 5.74) is 15.5. The van der Waals surface area contributed by atoms with E-state index in [2.05, 4.69) is 165 Å². The Hall–Kier alpha value is -6.39. The van der Waals surface area contributed by atoms with Crippen molar-refractivity contribution < 1.29 is 32.7 Å². The van der Waals surface area contributed by atoms with Gasteiger partial charge in [-0.15, -0.1) is 53.1 Å². The minimum absolute atomic E-state index is 0. The summed E-state index contributed by atoms with van der Waals surface area (Å²) in [5.74, 6) is 1.41. The maximum absolute atomic E-state index is 7.82. The molecule has 0 N–H and O–H groups in total. The Balaban J connectivity index is 0.000000223. The molecule has 0 amide bonds. The quantitative estimate of drug-likeness (QED) is 0.149. The van der Waals surface area contributed by atoms with Gasteiger partial charge in [-0.1, -0.05) is 178 Å². The number of furan rings is 1. The van der Waals surface area contributed by atoms with E-state index in [-0.39, 0.29) is 53.9 Å². The second-order valence-corrected chi connectivity index (χ2v) is 20.5. The number of hydrogen-bond acceptors (Lipinski definition) is 3. The molecule has 0 aliphatic rings. The number of rotatable bonds is 7. The van der Waals surface area contributed by atoms with E-state index in [1.807, 2.05) is 59.7 Å². The zero-order valence-electron chi connectivity index (χ0n) is 47.2. The summed E-state index contributed by atoms with van der Waals surface area (Å²) < 4.78 is 56.0. The number of benzene rings is 7. The monoisotopic (exact) mass is 1090 g/mol. The normalized spacial score (nSPS) is 13.6. The van der Waals surface area contributed by atoms with Crippen LogP contribution in [0.5, 0.6) is 0 Å². The Morgan fingerprint density at radius 1 is 0.609 bits per heavy atom. The molecule has 69 heavy (non-hydrogen) atoms. The van der Waals surface area contributed by atoms with Crippen molar-refractivity contribution in [1.29, 1.82) is 0 Å². The van der Waals surface area contributed by atoms with Gasteiger partial charge in [0.2, 0.25) is 0 Å². The third kappa shape index (κ3) is 9.78. The Morgan fingerprint density at radius 3 is 1.84 bits per heavy atom. The van der Waals surface area contributed by atoms with Crippen LogP contribution in [0.2, 0.25) is 0 Å². The molecule has 0 bridgehead atoms. The SMILES string of the molecule is CC(C)c1cc(-c2ccccc2)cc(C(C)C)c1-n1c(-c2[c-]ccc3c2oc2cc(-c4ccccc4)ccc23)nc2ccccc21.[2H]C([2H])([2H])c1c[c-]c(-c2cc(C(C)(C)C)c(C([2H])([2H])[2H])cn2)cc1C(C)(C)C.[Ir]. The van der Waals surface area contributed by atoms with Gasteiger partial charge < -0.3 is 14.0 Å². The van der Waals surface area contributed by atoms with E-state index in [1.54, 1.807) is 6.07 Å². The average Bonchev–Trinajstić information content (AvgIpc) is 3.93. The van der Waals surface area contributed by atoms with Crippen LogP contribution in [0.15, 0.2) is 156 Å². The van der Waals surface area contributed by atoms with Gasteiger partial charge in [0.05, 0.1) is 22.4 Å². The number of imidazole rings is 1. The molecule has 0 saturated carbocycles. The van der Waals surface area contributed by atoms with Crippen molar-refractivity contribution in [2.45, 2.75) is 106 Å². The van der Waals surface area contributed by atoms with Crippen molar-refractivity contribution in [3.05, 3.63) is 197 Å². The van der Waals surface area contributed by atoms with Gasteiger partial charge in [0.15, 0.2) is 0 Å². The van der Waals surface area contributed by atoms with Crippen LogP contribution in [0.25, 0.3) is 83.6 Å². The van der Waals surface area contributed by atoms with Crippen LogP contribution in [0.4, 0.5) is 0 Å². The Kier molecular flexibility index (Phi) is 11.8. The summed E-state index contributed by atoms with van der Waals surface area (Å²) in [6.07, 6.45) is 1.41. The molecular weight excluding hydrogens is 1020 g/mol. The number of nitrogens with zero attached hydrogens (tertiary/aromatic N) is 3. The van der Waals surface area contributed by atoms with E-state index in [4.69, 9.17) is 17.6 Å². The van der Waals surface area contributed by atoms with Crippen LogP contribution in [-0.4, -0.2) is 14.5 Å². The van der Waals surface area contributed by atoms with E-state index in [9.17, 15) is 0 Å². The number of aryl methyl sites for hydroxylation is 2. The minimum atomic E-state index is -2.25.